The first kappa shape index (κ1) is 24.5. The quantitative estimate of drug-likeness (QED) is 0.361. The molecule has 1 amide bonds. The van der Waals surface area contributed by atoms with Crippen LogP contribution in [0.1, 0.15) is 11.1 Å². The summed E-state index contributed by atoms with van der Waals surface area (Å²) in [5, 5.41) is 6.42. The lowest BCUT2D eigenvalue weighted by Gasteiger charge is -2.22. The third-order valence-corrected chi connectivity index (χ3v) is 4.32. The first-order chi connectivity index (χ1) is 14.0. The van der Waals surface area contributed by atoms with Gasteiger partial charge in [0.25, 0.3) is 0 Å². The Balaban J connectivity index is 0.00000132. The smallest absolute Gasteiger partial charge is 0.243 e. The van der Waals surface area contributed by atoms with Gasteiger partial charge in [-0.15, -0.1) is 0 Å². The number of amides is 1. The minimum absolute atomic E-state index is 0.304. The molecule has 0 aliphatic rings. The lowest BCUT2D eigenvalue weighted by atomic mass is 10.1. The minimum atomic E-state index is -1.01. The lowest BCUT2D eigenvalue weighted by molar-refractivity contribution is -0.133. The number of carbonyl (C=O) groups is 2. The summed E-state index contributed by atoms with van der Waals surface area (Å²) >= 11 is 10.8. The van der Waals surface area contributed by atoms with Crippen LogP contribution in [0.4, 0.5) is 0 Å². The predicted molar refractivity (Wildman–Crippen MR) is 123 cm³/mol. The van der Waals surface area contributed by atoms with E-state index in [4.69, 9.17) is 23.8 Å². The molecule has 2 aromatic rings. The number of rotatable bonds is 9. The molecule has 2 N–H and O–H groups in total. The van der Waals surface area contributed by atoms with Gasteiger partial charge >= 0.3 is 0 Å². The summed E-state index contributed by atoms with van der Waals surface area (Å²) in [6.07, 6.45) is 0.580. The largest absolute Gasteiger partial charge is 0.384 e. The van der Waals surface area contributed by atoms with E-state index in [-0.39, 0.29) is 0 Å². The van der Waals surface area contributed by atoms with E-state index in [0.717, 1.165) is 11.1 Å². The van der Waals surface area contributed by atoms with Gasteiger partial charge in [0, 0.05) is 17.3 Å². The van der Waals surface area contributed by atoms with Crippen molar-refractivity contribution in [3.63, 3.8) is 0 Å². The van der Waals surface area contributed by atoms with Crippen molar-refractivity contribution in [2.24, 2.45) is 5.92 Å². The highest BCUT2D eigenvalue weighted by Crippen LogP contribution is 2.13. The lowest BCUT2D eigenvalue weighted by Crippen LogP contribution is -2.38. The maximum Gasteiger partial charge on any atom is 0.243 e. The molecule has 2 rings (SSSR count). The van der Waals surface area contributed by atoms with Gasteiger partial charge in [0.15, 0.2) is 0 Å². The number of hydrogen-bond donors (Lipinski definition) is 2. The number of nitrogens with one attached hydrogen (secondary N) is 2. The van der Waals surface area contributed by atoms with Crippen LogP contribution >= 0.6 is 23.8 Å². The fourth-order valence-corrected chi connectivity index (χ4v) is 2.65. The van der Waals surface area contributed by atoms with Crippen LogP contribution < -0.4 is 10.6 Å². The van der Waals surface area contributed by atoms with Crippen molar-refractivity contribution in [1.82, 2.24) is 15.5 Å². The first-order valence-electron chi connectivity index (χ1n) is 8.97. The molecule has 1 unspecified atom stereocenters. The topological polar surface area (TPSA) is 61.4 Å². The Hall–Kier alpha value is -2.54. The SMILES string of the molecule is C=C(NCc1ccc(Cl)cc1)C(C=O)C(=O)N(C=S)Cc1ccccc1.CNC. The number of thiocarbonyl (C=S) groups is 1. The molecule has 0 fully saturated rings. The van der Waals surface area contributed by atoms with Crippen LogP contribution in [0, 0.1) is 5.92 Å². The molecule has 0 heterocycles. The van der Waals surface area contributed by atoms with Crippen molar-refractivity contribution in [2.45, 2.75) is 13.1 Å². The van der Waals surface area contributed by atoms with Gasteiger partial charge in [0.2, 0.25) is 5.91 Å². The minimum Gasteiger partial charge on any atom is -0.384 e. The van der Waals surface area contributed by atoms with Crippen LogP contribution in [0.25, 0.3) is 0 Å². The fraction of sp³-hybridized carbons (Fsp3) is 0.227. The molecule has 5 nitrogen and oxygen atoms in total. The maximum absolute atomic E-state index is 12.7. The zero-order chi connectivity index (χ0) is 21.6. The molecule has 0 saturated carbocycles. The van der Waals surface area contributed by atoms with E-state index in [2.05, 4.69) is 17.2 Å². The Morgan fingerprint density at radius 3 is 2.24 bits per heavy atom. The molecule has 0 aliphatic carbocycles. The molecule has 154 valence electrons. The van der Waals surface area contributed by atoms with Crippen LogP contribution in [-0.2, 0) is 22.7 Å². The molecule has 0 radical (unpaired) electrons. The van der Waals surface area contributed by atoms with Gasteiger partial charge in [-0.05, 0) is 37.4 Å². The molecule has 2 aromatic carbocycles. The van der Waals surface area contributed by atoms with Crippen molar-refractivity contribution in [3.05, 3.63) is 83.0 Å². The van der Waals surface area contributed by atoms with Gasteiger partial charge in [0.05, 0.1) is 12.0 Å². The van der Waals surface area contributed by atoms with Crippen LogP contribution in [-0.4, -0.2) is 36.7 Å². The highest BCUT2D eigenvalue weighted by atomic mass is 35.5. The van der Waals surface area contributed by atoms with E-state index < -0.39 is 11.8 Å². The highest BCUT2D eigenvalue weighted by Gasteiger charge is 2.25. The van der Waals surface area contributed by atoms with Crippen LogP contribution in [0.15, 0.2) is 66.9 Å². The normalized spacial score (nSPS) is 10.7. The Bertz CT molecular complexity index is 797. The molecule has 1 atom stereocenters. The second kappa shape index (κ2) is 13.6. The van der Waals surface area contributed by atoms with E-state index in [1.807, 2.05) is 56.6 Å². The molecule has 29 heavy (non-hydrogen) atoms. The number of nitrogens with zero attached hydrogens (tertiary/aromatic N) is 1. The molecular weight excluding hydrogens is 406 g/mol. The average molecular weight is 432 g/mol. The standard InChI is InChI=1S/C20H19ClN2O2S.C2H7N/c1-15(22-11-16-7-9-18(21)10-8-16)19(13-24)20(25)23(14-26)12-17-5-3-2-4-6-17;1-3-2/h2-10,13-14,19,22H,1,11-12H2;3H,1-2H3. The zero-order valence-electron chi connectivity index (χ0n) is 16.6. The summed E-state index contributed by atoms with van der Waals surface area (Å²) in [7, 11) is 3.75. The Morgan fingerprint density at radius 1 is 1.14 bits per heavy atom. The molecule has 0 aromatic heterocycles. The summed E-state index contributed by atoms with van der Waals surface area (Å²) in [6, 6.07) is 16.7. The number of hydrogen-bond acceptors (Lipinski definition) is 5. The van der Waals surface area contributed by atoms with E-state index in [1.54, 1.807) is 12.1 Å². The Morgan fingerprint density at radius 2 is 1.72 bits per heavy atom. The number of aldehydes is 1. The zero-order valence-corrected chi connectivity index (χ0v) is 18.2. The summed E-state index contributed by atoms with van der Waals surface area (Å²) < 4.78 is 0. The third-order valence-electron chi connectivity index (χ3n) is 3.82. The first-order valence-corrected chi connectivity index (χ1v) is 9.82. The maximum atomic E-state index is 12.7. The van der Waals surface area contributed by atoms with Gasteiger partial charge in [0.1, 0.15) is 12.2 Å². The van der Waals surface area contributed by atoms with Crippen molar-refractivity contribution in [3.8, 4) is 0 Å². The molecular formula is C22H26ClN3O2S. The summed E-state index contributed by atoms with van der Waals surface area (Å²) in [5.74, 6) is -1.42. The summed E-state index contributed by atoms with van der Waals surface area (Å²) in [5.41, 5.74) is 3.48. The van der Waals surface area contributed by atoms with Crippen molar-refractivity contribution >= 4 is 41.5 Å². The number of benzene rings is 2. The van der Waals surface area contributed by atoms with Crippen LogP contribution in [0.3, 0.4) is 0 Å². The second-order valence-electron chi connectivity index (χ2n) is 6.18. The van der Waals surface area contributed by atoms with Gasteiger partial charge in [-0.1, -0.05) is 72.9 Å². The van der Waals surface area contributed by atoms with Crippen LogP contribution in [0.5, 0.6) is 0 Å². The summed E-state index contributed by atoms with van der Waals surface area (Å²) in [6.45, 7) is 4.58. The second-order valence-corrected chi connectivity index (χ2v) is 6.82. The number of carbonyl (C=O) groups excluding carboxylic acids is 2. The van der Waals surface area contributed by atoms with E-state index in [0.29, 0.717) is 30.1 Å². The highest BCUT2D eigenvalue weighted by molar-refractivity contribution is 7.78. The van der Waals surface area contributed by atoms with Crippen molar-refractivity contribution < 1.29 is 9.59 Å². The molecule has 0 aliphatic heterocycles. The Kier molecular flexibility index (Phi) is 11.5. The number of halogens is 1. The fourth-order valence-electron chi connectivity index (χ4n) is 2.34. The Labute approximate surface area is 182 Å². The molecule has 0 bridgehead atoms. The molecule has 7 heteroatoms. The van der Waals surface area contributed by atoms with Crippen molar-refractivity contribution in [2.75, 3.05) is 14.1 Å². The van der Waals surface area contributed by atoms with Crippen molar-refractivity contribution in [1.29, 1.82) is 0 Å². The van der Waals surface area contributed by atoms with Gasteiger partial charge in [-0.2, -0.15) is 0 Å². The van der Waals surface area contributed by atoms with Gasteiger partial charge < -0.3 is 20.3 Å². The summed E-state index contributed by atoms with van der Waals surface area (Å²) in [4.78, 5) is 25.5. The predicted octanol–water partition coefficient (Wildman–Crippen LogP) is 3.58. The molecule has 0 saturated heterocycles. The third kappa shape index (κ3) is 8.56. The van der Waals surface area contributed by atoms with E-state index >= 15 is 0 Å². The van der Waals surface area contributed by atoms with Crippen LogP contribution in [0.2, 0.25) is 5.02 Å². The monoisotopic (exact) mass is 431 g/mol. The van der Waals surface area contributed by atoms with E-state index in [9.17, 15) is 9.59 Å². The molecule has 0 spiro atoms. The van der Waals surface area contributed by atoms with E-state index in [1.165, 1.54) is 10.4 Å². The van der Waals surface area contributed by atoms with Gasteiger partial charge in [-0.3, -0.25) is 4.79 Å². The van der Waals surface area contributed by atoms with Gasteiger partial charge in [-0.25, -0.2) is 0 Å². The average Bonchev–Trinajstić information content (AvgIpc) is 2.73.